The van der Waals surface area contributed by atoms with Gasteiger partial charge in [-0.2, -0.15) is 0 Å². The Labute approximate surface area is 211 Å². The Morgan fingerprint density at radius 2 is 1.89 bits per heavy atom. The van der Waals surface area contributed by atoms with Crippen LogP contribution in [0.4, 0.5) is 8.78 Å². The van der Waals surface area contributed by atoms with Gasteiger partial charge in [0.05, 0.1) is 12.1 Å². The third kappa shape index (κ3) is 5.38. The Hall–Kier alpha value is -3.00. The Balaban J connectivity index is 1.81. The number of hydrogen-bond acceptors (Lipinski definition) is 5. The van der Waals surface area contributed by atoms with Crippen molar-refractivity contribution >= 4 is 22.8 Å². The Kier molecular flexibility index (Phi) is 7.10. The van der Waals surface area contributed by atoms with Crippen LogP contribution in [0.3, 0.4) is 0 Å². The molecule has 1 aliphatic rings. The van der Waals surface area contributed by atoms with Gasteiger partial charge in [0.1, 0.15) is 0 Å². The number of rotatable bonds is 7. The molecule has 2 N–H and O–H groups in total. The molecule has 0 atom stereocenters. The summed E-state index contributed by atoms with van der Waals surface area (Å²) in [7, 11) is 1.53. The van der Waals surface area contributed by atoms with Crippen molar-refractivity contribution < 1.29 is 13.9 Å². The number of nitrogens with one attached hydrogen (secondary N) is 1. The predicted molar refractivity (Wildman–Crippen MR) is 134 cm³/mol. The highest BCUT2D eigenvalue weighted by Crippen LogP contribution is 2.38. The molecule has 1 aliphatic carbocycles. The van der Waals surface area contributed by atoms with Crippen LogP contribution in [0, 0.1) is 11.8 Å². The Morgan fingerprint density at radius 1 is 1.22 bits per heavy atom. The molecule has 0 unspecified atom stereocenters. The zero-order valence-corrected chi connectivity index (χ0v) is 21.1. The summed E-state index contributed by atoms with van der Waals surface area (Å²) in [6, 6.07) is 6.77. The predicted octanol–water partition coefficient (Wildman–Crippen LogP) is 2.50. The third-order valence-electron chi connectivity index (χ3n) is 6.17. The normalized spacial score (nSPS) is 15.5. The minimum atomic E-state index is -2.64. The smallest absolute Gasteiger partial charge is 0.332 e. The van der Waals surface area contributed by atoms with E-state index in [2.05, 4.69) is 22.1 Å². The quantitative estimate of drug-likeness (QED) is 0.468. The molecule has 1 fully saturated rings. The molecule has 0 radical (unpaired) electrons. The molecule has 36 heavy (non-hydrogen) atoms. The summed E-state index contributed by atoms with van der Waals surface area (Å²) in [6.45, 7) is 3.73. The van der Waals surface area contributed by atoms with Gasteiger partial charge < -0.3 is 9.67 Å². The number of nitrogens with zero attached hydrogens (tertiary/aromatic N) is 4. The monoisotopic (exact) mass is 519 g/mol. The summed E-state index contributed by atoms with van der Waals surface area (Å²) in [5.41, 5.74) is -0.621. The van der Waals surface area contributed by atoms with Crippen molar-refractivity contribution in [3.05, 3.63) is 61.5 Å². The lowest BCUT2D eigenvalue weighted by molar-refractivity contribution is -0.0957. The third-order valence-corrected chi connectivity index (χ3v) is 6.42. The largest absolute Gasteiger partial charge is 0.396 e. The van der Waals surface area contributed by atoms with E-state index in [0.717, 1.165) is 10.1 Å². The van der Waals surface area contributed by atoms with E-state index in [-0.39, 0.29) is 62.0 Å². The Bertz CT molecular complexity index is 1450. The van der Waals surface area contributed by atoms with Crippen LogP contribution in [-0.2, 0) is 20.1 Å². The van der Waals surface area contributed by atoms with E-state index in [1.165, 1.54) is 11.6 Å². The molecule has 2 heterocycles. The standard InChI is InChI=1S/C25H28ClF2N5O3/c1-24(2,30-18-13-25(27,28)14-18)10-9-19-29-21-20(33(19)15-16-5-7-17(26)8-6-16)22(35)32(11-4-12-34)23(36)31(21)3/h5-8,18,30,34H,4,11-15H2,1-3H3. The summed E-state index contributed by atoms with van der Waals surface area (Å²) < 4.78 is 30.5. The van der Waals surface area contributed by atoms with Crippen molar-refractivity contribution in [2.75, 3.05) is 6.61 Å². The zero-order valence-electron chi connectivity index (χ0n) is 20.3. The summed E-state index contributed by atoms with van der Waals surface area (Å²) >= 11 is 6.02. The SMILES string of the molecule is Cn1c(=O)n(CCCO)c(=O)c2c1nc(C#CC(C)(C)NC1CC(F)(F)C1)n2Cc1ccc(Cl)cc1. The van der Waals surface area contributed by atoms with Gasteiger partial charge in [-0.15, -0.1) is 0 Å². The van der Waals surface area contributed by atoms with Crippen molar-refractivity contribution in [1.82, 2.24) is 24.0 Å². The van der Waals surface area contributed by atoms with Crippen LogP contribution in [0.15, 0.2) is 33.9 Å². The van der Waals surface area contributed by atoms with E-state index in [1.54, 1.807) is 30.5 Å². The lowest BCUT2D eigenvalue weighted by atomic mass is 9.86. The first kappa shape index (κ1) is 26.1. The molecule has 11 heteroatoms. The molecule has 192 valence electrons. The van der Waals surface area contributed by atoms with Gasteiger partial charge in [0.2, 0.25) is 0 Å². The van der Waals surface area contributed by atoms with E-state index in [9.17, 15) is 23.5 Å². The number of alkyl halides is 2. The lowest BCUT2D eigenvalue weighted by Gasteiger charge is -2.39. The number of imidazole rings is 1. The fraction of sp³-hybridized carbons (Fsp3) is 0.480. The molecule has 1 aromatic carbocycles. The van der Waals surface area contributed by atoms with Gasteiger partial charge in [0, 0.05) is 44.1 Å². The van der Waals surface area contributed by atoms with Gasteiger partial charge in [-0.25, -0.2) is 18.6 Å². The number of benzene rings is 1. The average molecular weight is 520 g/mol. The molecule has 0 amide bonds. The number of aliphatic hydroxyl groups is 1. The second kappa shape index (κ2) is 9.81. The first-order valence-electron chi connectivity index (χ1n) is 11.6. The van der Waals surface area contributed by atoms with E-state index in [4.69, 9.17) is 11.6 Å². The van der Waals surface area contributed by atoms with Crippen molar-refractivity contribution in [3.63, 3.8) is 0 Å². The number of fused-ring (bicyclic) bond motifs is 1. The highest BCUT2D eigenvalue weighted by molar-refractivity contribution is 6.30. The number of hydrogen-bond donors (Lipinski definition) is 2. The molecular weight excluding hydrogens is 492 g/mol. The average Bonchev–Trinajstić information content (AvgIpc) is 3.15. The van der Waals surface area contributed by atoms with Gasteiger partial charge in [0.15, 0.2) is 17.0 Å². The fourth-order valence-electron chi connectivity index (χ4n) is 4.34. The van der Waals surface area contributed by atoms with Crippen molar-refractivity contribution in [2.45, 2.75) is 63.7 Å². The lowest BCUT2D eigenvalue weighted by Crippen LogP contribution is -2.55. The first-order chi connectivity index (χ1) is 16.9. The second-order valence-electron chi connectivity index (χ2n) is 9.68. The van der Waals surface area contributed by atoms with Gasteiger partial charge in [-0.1, -0.05) is 29.7 Å². The van der Waals surface area contributed by atoms with Crippen molar-refractivity contribution in [2.24, 2.45) is 7.05 Å². The summed E-state index contributed by atoms with van der Waals surface area (Å²) in [4.78, 5) is 30.7. The van der Waals surface area contributed by atoms with E-state index >= 15 is 0 Å². The van der Waals surface area contributed by atoms with Gasteiger partial charge in [0.25, 0.3) is 11.5 Å². The molecule has 8 nitrogen and oxygen atoms in total. The van der Waals surface area contributed by atoms with Crippen molar-refractivity contribution in [1.29, 1.82) is 0 Å². The fourth-order valence-corrected chi connectivity index (χ4v) is 4.47. The van der Waals surface area contributed by atoms with Crippen LogP contribution >= 0.6 is 11.6 Å². The first-order valence-corrected chi connectivity index (χ1v) is 12.0. The minimum Gasteiger partial charge on any atom is -0.396 e. The molecule has 1 saturated carbocycles. The zero-order chi connectivity index (χ0) is 26.3. The number of aliphatic hydroxyl groups excluding tert-OH is 1. The maximum absolute atomic E-state index is 13.4. The summed E-state index contributed by atoms with van der Waals surface area (Å²) in [6.07, 6.45) is -0.218. The number of halogens is 3. The maximum atomic E-state index is 13.4. The molecular formula is C25H28ClF2N5O3. The van der Waals surface area contributed by atoms with Crippen LogP contribution < -0.4 is 16.6 Å². The van der Waals surface area contributed by atoms with E-state index in [0.29, 0.717) is 5.02 Å². The highest BCUT2D eigenvalue weighted by Gasteiger charge is 2.46. The van der Waals surface area contributed by atoms with Gasteiger partial charge >= 0.3 is 5.69 Å². The van der Waals surface area contributed by atoms with Crippen LogP contribution in [0.25, 0.3) is 11.2 Å². The van der Waals surface area contributed by atoms with E-state index < -0.39 is 22.7 Å². The van der Waals surface area contributed by atoms with Crippen LogP contribution in [0.2, 0.25) is 5.02 Å². The van der Waals surface area contributed by atoms with Crippen molar-refractivity contribution in [3.8, 4) is 11.8 Å². The molecule has 0 spiro atoms. The Morgan fingerprint density at radius 3 is 2.50 bits per heavy atom. The molecule has 3 aromatic rings. The van der Waals surface area contributed by atoms with Crippen LogP contribution in [-0.4, -0.2) is 47.9 Å². The van der Waals surface area contributed by atoms with E-state index in [1.807, 2.05) is 12.1 Å². The van der Waals surface area contributed by atoms with Crippen LogP contribution in [0.5, 0.6) is 0 Å². The minimum absolute atomic E-state index is 0.0635. The number of aromatic nitrogens is 4. The summed E-state index contributed by atoms with van der Waals surface area (Å²) in [5.74, 6) is 3.69. The van der Waals surface area contributed by atoms with Crippen LogP contribution in [0.1, 0.15) is 44.5 Å². The van der Waals surface area contributed by atoms with Gasteiger partial charge in [-0.3, -0.25) is 19.2 Å². The molecule has 2 aromatic heterocycles. The molecule has 0 saturated heterocycles. The summed E-state index contributed by atoms with van der Waals surface area (Å²) in [5, 5.41) is 12.9. The maximum Gasteiger partial charge on any atom is 0.332 e. The number of aryl methyl sites for hydroxylation is 1. The molecule has 4 rings (SSSR count). The highest BCUT2D eigenvalue weighted by atomic mass is 35.5. The molecule has 0 aliphatic heterocycles. The molecule has 0 bridgehead atoms. The second-order valence-corrected chi connectivity index (χ2v) is 10.1. The topological polar surface area (TPSA) is 94.1 Å². The van der Waals surface area contributed by atoms with Gasteiger partial charge in [-0.05, 0) is 43.9 Å².